The summed E-state index contributed by atoms with van der Waals surface area (Å²) in [5.74, 6) is 1.23. The Bertz CT molecular complexity index is 784. The van der Waals surface area contributed by atoms with E-state index in [1.807, 2.05) is 50.2 Å². The number of nitrogens with two attached hydrogens (primary N) is 1. The van der Waals surface area contributed by atoms with Gasteiger partial charge < -0.3 is 10.5 Å². The highest BCUT2D eigenvalue weighted by molar-refractivity contribution is 5.74. The Hall–Kier alpha value is -2.62. The molecule has 1 aromatic heterocycles. The maximum atomic E-state index is 5.87. The zero-order valence-corrected chi connectivity index (χ0v) is 11.4. The first-order valence-corrected chi connectivity index (χ1v) is 6.40. The van der Waals surface area contributed by atoms with Crippen molar-refractivity contribution in [3.8, 4) is 11.6 Å². The van der Waals surface area contributed by atoms with Gasteiger partial charge in [0, 0.05) is 5.69 Å². The maximum Gasteiger partial charge on any atom is 0.238 e. The van der Waals surface area contributed by atoms with Crippen LogP contribution in [0.5, 0.6) is 11.6 Å². The summed E-state index contributed by atoms with van der Waals surface area (Å²) >= 11 is 0. The Balaban J connectivity index is 1.99. The zero-order chi connectivity index (χ0) is 14.1. The van der Waals surface area contributed by atoms with Gasteiger partial charge in [0.15, 0.2) is 0 Å². The fourth-order valence-electron chi connectivity index (χ4n) is 2.02. The van der Waals surface area contributed by atoms with E-state index in [2.05, 4.69) is 9.97 Å². The monoisotopic (exact) mass is 265 g/mol. The molecule has 2 N–H and O–H groups in total. The van der Waals surface area contributed by atoms with Crippen LogP contribution in [0.4, 0.5) is 5.69 Å². The first-order chi connectivity index (χ1) is 9.63. The Kier molecular flexibility index (Phi) is 2.99. The second-order valence-electron chi connectivity index (χ2n) is 4.77. The average molecular weight is 265 g/mol. The van der Waals surface area contributed by atoms with Gasteiger partial charge in [-0.1, -0.05) is 12.1 Å². The molecule has 0 aliphatic heterocycles. The largest absolute Gasteiger partial charge is 0.437 e. The van der Waals surface area contributed by atoms with E-state index in [0.29, 0.717) is 5.88 Å². The third kappa shape index (κ3) is 2.28. The number of fused-ring (bicyclic) bond motifs is 1. The maximum absolute atomic E-state index is 5.87. The summed E-state index contributed by atoms with van der Waals surface area (Å²) in [7, 11) is 0. The number of nitrogen functional groups attached to an aromatic ring is 1. The quantitative estimate of drug-likeness (QED) is 0.719. The van der Waals surface area contributed by atoms with Gasteiger partial charge in [0.05, 0.1) is 17.2 Å². The van der Waals surface area contributed by atoms with Crippen molar-refractivity contribution < 1.29 is 4.74 Å². The van der Waals surface area contributed by atoms with Crippen molar-refractivity contribution in [1.82, 2.24) is 9.97 Å². The van der Waals surface area contributed by atoms with Crippen LogP contribution in [0.25, 0.3) is 11.0 Å². The number of para-hydroxylation sites is 2. The molecule has 0 unspecified atom stereocenters. The highest BCUT2D eigenvalue weighted by Crippen LogP contribution is 2.28. The van der Waals surface area contributed by atoms with Crippen molar-refractivity contribution >= 4 is 16.7 Å². The SMILES string of the molecule is Cc1cc(Oc2cnc3ccccc3n2)c(C)cc1N. The normalized spacial score (nSPS) is 10.7. The third-order valence-corrected chi connectivity index (χ3v) is 3.20. The Morgan fingerprint density at radius 2 is 1.75 bits per heavy atom. The first kappa shape index (κ1) is 12.4. The Morgan fingerprint density at radius 1 is 1.00 bits per heavy atom. The van der Waals surface area contributed by atoms with Crippen LogP contribution in [0.3, 0.4) is 0 Å². The summed E-state index contributed by atoms with van der Waals surface area (Å²) < 4.78 is 5.82. The summed E-state index contributed by atoms with van der Waals surface area (Å²) in [6.07, 6.45) is 1.63. The van der Waals surface area contributed by atoms with E-state index in [1.165, 1.54) is 0 Å². The minimum Gasteiger partial charge on any atom is -0.437 e. The fourth-order valence-corrected chi connectivity index (χ4v) is 2.02. The van der Waals surface area contributed by atoms with Crippen molar-refractivity contribution in [3.05, 3.63) is 53.7 Å². The smallest absolute Gasteiger partial charge is 0.238 e. The molecule has 0 fully saturated rings. The minimum atomic E-state index is 0.482. The molecule has 20 heavy (non-hydrogen) atoms. The fraction of sp³-hybridized carbons (Fsp3) is 0.125. The van der Waals surface area contributed by atoms with E-state index in [4.69, 9.17) is 10.5 Å². The number of hydrogen-bond acceptors (Lipinski definition) is 4. The summed E-state index contributed by atoms with van der Waals surface area (Å²) in [4.78, 5) is 8.78. The van der Waals surface area contributed by atoms with Crippen LogP contribution in [-0.2, 0) is 0 Å². The summed E-state index contributed by atoms with van der Waals surface area (Å²) in [6.45, 7) is 3.91. The molecule has 0 aliphatic carbocycles. The number of aryl methyl sites for hydroxylation is 2. The highest BCUT2D eigenvalue weighted by atomic mass is 16.5. The van der Waals surface area contributed by atoms with E-state index < -0.39 is 0 Å². The molecule has 1 heterocycles. The van der Waals surface area contributed by atoms with E-state index >= 15 is 0 Å². The van der Waals surface area contributed by atoms with Crippen LogP contribution < -0.4 is 10.5 Å². The molecule has 0 atom stereocenters. The minimum absolute atomic E-state index is 0.482. The van der Waals surface area contributed by atoms with Crippen molar-refractivity contribution in [2.24, 2.45) is 0 Å². The molecule has 3 rings (SSSR count). The van der Waals surface area contributed by atoms with Gasteiger partial charge in [0.2, 0.25) is 5.88 Å². The predicted octanol–water partition coefficient (Wildman–Crippen LogP) is 3.62. The van der Waals surface area contributed by atoms with Crippen LogP contribution >= 0.6 is 0 Å². The summed E-state index contributed by atoms with van der Waals surface area (Å²) in [5, 5.41) is 0. The van der Waals surface area contributed by atoms with Crippen molar-refractivity contribution in [2.45, 2.75) is 13.8 Å². The molecular weight excluding hydrogens is 250 g/mol. The van der Waals surface area contributed by atoms with Gasteiger partial charge in [-0.3, -0.25) is 0 Å². The van der Waals surface area contributed by atoms with Gasteiger partial charge in [-0.25, -0.2) is 9.97 Å². The van der Waals surface area contributed by atoms with Gasteiger partial charge in [0.1, 0.15) is 5.75 Å². The Labute approximate surface area is 117 Å². The lowest BCUT2D eigenvalue weighted by atomic mass is 10.1. The predicted molar refractivity (Wildman–Crippen MR) is 79.9 cm³/mol. The molecule has 3 aromatic rings. The number of rotatable bonds is 2. The lowest BCUT2D eigenvalue weighted by Gasteiger charge is -2.10. The molecule has 4 nitrogen and oxygen atoms in total. The number of aromatic nitrogens is 2. The molecule has 0 bridgehead atoms. The van der Waals surface area contributed by atoms with Crippen LogP contribution in [0.1, 0.15) is 11.1 Å². The molecule has 0 radical (unpaired) electrons. The lowest BCUT2D eigenvalue weighted by molar-refractivity contribution is 0.459. The van der Waals surface area contributed by atoms with Gasteiger partial charge in [-0.15, -0.1) is 0 Å². The summed E-state index contributed by atoms with van der Waals surface area (Å²) in [5.41, 5.74) is 10.3. The molecule has 0 spiro atoms. The molecule has 2 aromatic carbocycles. The molecule has 0 saturated carbocycles. The van der Waals surface area contributed by atoms with Gasteiger partial charge in [-0.05, 0) is 49.2 Å². The Morgan fingerprint density at radius 3 is 2.55 bits per heavy atom. The van der Waals surface area contributed by atoms with Crippen LogP contribution in [0.15, 0.2) is 42.6 Å². The van der Waals surface area contributed by atoms with Crippen molar-refractivity contribution in [1.29, 1.82) is 0 Å². The average Bonchev–Trinajstić information content (AvgIpc) is 2.44. The molecule has 0 saturated heterocycles. The molecule has 0 aliphatic rings. The number of anilines is 1. The van der Waals surface area contributed by atoms with Crippen LogP contribution in [0, 0.1) is 13.8 Å². The van der Waals surface area contributed by atoms with Gasteiger partial charge in [0.25, 0.3) is 0 Å². The first-order valence-electron chi connectivity index (χ1n) is 6.40. The number of ether oxygens (including phenoxy) is 1. The lowest BCUT2D eigenvalue weighted by Crippen LogP contribution is -1.96. The number of hydrogen-bond donors (Lipinski definition) is 1. The number of nitrogens with zero attached hydrogens (tertiary/aromatic N) is 2. The van der Waals surface area contributed by atoms with E-state index in [0.717, 1.165) is 33.6 Å². The second-order valence-corrected chi connectivity index (χ2v) is 4.77. The highest BCUT2D eigenvalue weighted by Gasteiger charge is 2.07. The molecular formula is C16H15N3O. The second kappa shape index (κ2) is 4.81. The zero-order valence-electron chi connectivity index (χ0n) is 11.4. The topological polar surface area (TPSA) is 61.0 Å². The van der Waals surface area contributed by atoms with Crippen LogP contribution in [0.2, 0.25) is 0 Å². The molecule has 4 heteroatoms. The summed E-state index contributed by atoms with van der Waals surface area (Å²) in [6, 6.07) is 11.5. The number of benzene rings is 2. The van der Waals surface area contributed by atoms with E-state index in [9.17, 15) is 0 Å². The third-order valence-electron chi connectivity index (χ3n) is 3.20. The van der Waals surface area contributed by atoms with Crippen LogP contribution in [-0.4, -0.2) is 9.97 Å². The van der Waals surface area contributed by atoms with Gasteiger partial charge in [-0.2, -0.15) is 0 Å². The standard InChI is InChI=1S/C16H15N3O/c1-10-8-15(11(2)7-12(10)17)20-16-9-18-13-5-3-4-6-14(13)19-16/h3-9H,17H2,1-2H3. The van der Waals surface area contributed by atoms with Crippen molar-refractivity contribution in [3.63, 3.8) is 0 Å². The van der Waals surface area contributed by atoms with E-state index in [-0.39, 0.29) is 0 Å². The van der Waals surface area contributed by atoms with Crippen molar-refractivity contribution in [2.75, 3.05) is 5.73 Å². The molecule has 100 valence electrons. The molecule has 0 amide bonds. The van der Waals surface area contributed by atoms with Gasteiger partial charge >= 0.3 is 0 Å². The van der Waals surface area contributed by atoms with E-state index in [1.54, 1.807) is 6.20 Å².